The molecule has 4 aromatic rings. The number of ether oxygens (including phenoxy) is 2. The third-order valence-electron chi connectivity index (χ3n) is 5.84. The van der Waals surface area contributed by atoms with Gasteiger partial charge in [0.15, 0.2) is 16.9 Å². The van der Waals surface area contributed by atoms with Gasteiger partial charge < -0.3 is 19.0 Å². The van der Waals surface area contributed by atoms with E-state index in [1.165, 1.54) is 12.0 Å². The van der Waals surface area contributed by atoms with Crippen LogP contribution in [0.1, 0.15) is 34.6 Å². The highest BCUT2D eigenvalue weighted by atomic mass is 79.9. The molecule has 178 valence electrons. The van der Waals surface area contributed by atoms with Crippen molar-refractivity contribution in [3.8, 4) is 17.2 Å². The first-order valence-electron chi connectivity index (χ1n) is 10.7. The molecule has 1 aliphatic rings. The fourth-order valence-corrected chi connectivity index (χ4v) is 5.12. The molecule has 0 spiro atoms. The fourth-order valence-electron chi connectivity index (χ4n) is 4.30. The largest absolute Gasteiger partial charge is 0.503 e. The maximum atomic E-state index is 13.8. The van der Waals surface area contributed by atoms with Crippen molar-refractivity contribution in [3.63, 3.8) is 0 Å². The Morgan fingerprint density at radius 1 is 1.06 bits per heavy atom. The van der Waals surface area contributed by atoms with Gasteiger partial charge >= 0.3 is 0 Å². The van der Waals surface area contributed by atoms with Gasteiger partial charge in [-0.15, -0.1) is 0 Å². The molecule has 1 N–H and O–H groups in total. The average Bonchev–Trinajstić information content (AvgIpc) is 3.14. The quantitative estimate of drug-likeness (QED) is 0.294. The monoisotopic (exact) mass is 599 g/mol. The number of aromatic hydroxyl groups is 1. The number of phenols is 1. The molecule has 1 amide bonds. The highest BCUT2D eigenvalue weighted by Crippen LogP contribution is 2.45. The molecule has 0 bridgehead atoms. The Hall–Kier alpha value is -3.30. The standard InChI is InChI=1S/C26H19Br2NO6/c1-3-34-16-7-5-15(6-8-16)29-22(13-10-18(28)24(31)20(11-13)33-2)21-23(30)17-12-14(27)4-9-19(17)35-25(21)26(29)32/h4-12,22,31H,3H2,1-2H3. The maximum Gasteiger partial charge on any atom is 0.295 e. The van der Waals surface area contributed by atoms with Crippen LogP contribution in [0.5, 0.6) is 17.2 Å². The molecule has 1 aromatic heterocycles. The highest BCUT2D eigenvalue weighted by Gasteiger charge is 2.44. The van der Waals surface area contributed by atoms with Crippen LogP contribution in [-0.4, -0.2) is 24.7 Å². The predicted octanol–water partition coefficient (Wildman–Crippen LogP) is 6.18. The number of carbonyl (C=O) groups is 1. The lowest BCUT2D eigenvalue weighted by atomic mass is 9.97. The lowest BCUT2D eigenvalue weighted by Crippen LogP contribution is -2.29. The fraction of sp³-hybridized carbons (Fsp3) is 0.154. The SMILES string of the molecule is CCOc1ccc(N2C(=O)c3oc4ccc(Br)cc4c(=O)c3C2c2cc(Br)c(O)c(OC)c2)cc1. The van der Waals surface area contributed by atoms with E-state index in [1.807, 2.05) is 6.92 Å². The van der Waals surface area contributed by atoms with Crippen molar-refractivity contribution in [2.24, 2.45) is 0 Å². The number of fused-ring (bicyclic) bond motifs is 2. The van der Waals surface area contributed by atoms with Crippen LogP contribution in [0.3, 0.4) is 0 Å². The Balaban J connectivity index is 1.78. The lowest BCUT2D eigenvalue weighted by Gasteiger charge is -2.26. The molecule has 0 aliphatic carbocycles. The number of amides is 1. The summed E-state index contributed by atoms with van der Waals surface area (Å²) >= 11 is 6.76. The van der Waals surface area contributed by atoms with E-state index in [9.17, 15) is 14.7 Å². The molecule has 9 heteroatoms. The molecule has 3 aromatic carbocycles. The number of rotatable bonds is 5. The molecule has 0 fully saturated rings. The van der Waals surface area contributed by atoms with Crippen LogP contribution in [0.4, 0.5) is 5.69 Å². The van der Waals surface area contributed by atoms with Crippen LogP contribution < -0.4 is 19.8 Å². The number of anilines is 1. The van der Waals surface area contributed by atoms with E-state index in [4.69, 9.17) is 13.9 Å². The van der Waals surface area contributed by atoms with Crippen LogP contribution in [0.25, 0.3) is 11.0 Å². The van der Waals surface area contributed by atoms with Crippen molar-refractivity contribution < 1.29 is 23.8 Å². The molecule has 0 radical (unpaired) electrons. The zero-order valence-electron chi connectivity index (χ0n) is 18.7. The molecular formula is C26H19Br2NO6. The van der Waals surface area contributed by atoms with Crippen LogP contribution >= 0.6 is 31.9 Å². The number of carbonyl (C=O) groups excluding carboxylic acids is 1. The summed E-state index contributed by atoms with van der Waals surface area (Å²) in [6, 6.07) is 14.6. The Labute approximate surface area is 217 Å². The minimum Gasteiger partial charge on any atom is -0.503 e. The minimum absolute atomic E-state index is 0.0214. The third-order valence-corrected chi connectivity index (χ3v) is 6.94. The van der Waals surface area contributed by atoms with E-state index in [0.29, 0.717) is 39.0 Å². The molecule has 1 atom stereocenters. The zero-order valence-corrected chi connectivity index (χ0v) is 21.8. The second-order valence-electron chi connectivity index (χ2n) is 7.87. The summed E-state index contributed by atoms with van der Waals surface area (Å²) < 4.78 is 18.0. The Morgan fingerprint density at radius 2 is 1.80 bits per heavy atom. The van der Waals surface area contributed by atoms with Gasteiger partial charge in [0.25, 0.3) is 5.91 Å². The van der Waals surface area contributed by atoms with Gasteiger partial charge in [0.2, 0.25) is 5.76 Å². The van der Waals surface area contributed by atoms with Crippen LogP contribution in [0.15, 0.2) is 72.8 Å². The van der Waals surface area contributed by atoms with Crippen molar-refractivity contribution >= 4 is 54.4 Å². The summed E-state index contributed by atoms with van der Waals surface area (Å²) in [4.78, 5) is 29.0. The van der Waals surface area contributed by atoms with Gasteiger partial charge in [0.1, 0.15) is 11.3 Å². The van der Waals surface area contributed by atoms with Gasteiger partial charge in [-0.2, -0.15) is 0 Å². The zero-order chi connectivity index (χ0) is 24.9. The molecule has 7 nitrogen and oxygen atoms in total. The Kier molecular flexibility index (Phi) is 6.06. The van der Waals surface area contributed by atoms with E-state index >= 15 is 0 Å². The van der Waals surface area contributed by atoms with E-state index in [2.05, 4.69) is 31.9 Å². The van der Waals surface area contributed by atoms with Crippen molar-refractivity contribution in [1.82, 2.24) is 0 Å². The number of hydrogen-bond donors (Lipinski definition) is 1. The number of halogens is 2. The normalized spacial score (nSPS) is 14.9. The first kappa shape index (κ1) is 23.4. The van der Waals surface area contributed by atoms with Crippen molar-refractivity contribution in [3.05, 3.63) is 90.7 Å². The highest BCUT2D eigenvalue weighted by molar-refractivity contribution is 9.10. The van der Waals surface area contributed by atoms with Crippen molar-refractivity contribution in [2.75, 3.05) is 18.6 Å². The van der Waals surface area contributed by atoms with E-state index in [1.54, 1.807) is 54.6 Å². The van der Waals surface area contributed by atoms with Gasteiger partial charge in [-0.05, 0) is 83.0 Å². The molecule has 0 saturated carbocycles. The van der Waals surface area contributed by atoms with Gasteiger partial charge in [-0.3, -0.25) is 14.5 Å². The third kappa shape index (κ3) is 3.88. The van der Waals surface area contributed by atoms with E-state index < -0.39 is 11.9 Å². The van der Waals surface area contributed by atoms with Gasteiger partial charge in [0, 0.05) is 10.2 Å². The van der Waals surface area contributed by atoms with Crippen molar-refractivity contribution in [1.29, 1.82) is 0 Å². The van der Waals surface area contributed by atoms with Gasteiger partial charge in [0.05, 0.1) is 35.2 Å². The van der Waals surface area contributed by atoms with Gasteiger partial charge in [-0.25, -0.2) is 0 Å². The lowest BCUT2D eigenvalue weighted by molar-refractivity contribution is 0.0971. The molecule has 0 saturated heterocycles. The number of methoxy groups -OCH3 is 1. The topological polar surface area (TPSA) is 89.2 Å². The van der Waals surface area contributed by atoms with Crippen LogP contribution in [0, 0.1) is 0 Å². The summed E-state index contributed by atoms with van der Waals surface area (Å²) in [5.74, 6) is 0.319. The maximum absolute atomic E-state index is 13.8. The summed E-state index contributed by atoms with van der Waals surface area (Å²) in [7, 11) is 1.43. The Bertz CT molecular complexity index is 1530. The van der Waals surface area contributed by atoms with Crippen molar-refractivity contribution in [2.45, 2.75) is 13.0 Å². The smallest absolute Gasteiger partial charge is 0.295 e. The van der Waals surface area contributed by atoms with E-state index in [-0.39, 0.29) is 28.3 Å². The summed E-state index contributed by atoms with van der Waals surface area (Å²) in [6.07, 6.45) is 0. The second kappa shape index (κ2) is 9.05. The number of phenolic OH excluding ortho intramolecular Hbond substituents is 1. The van der Waals surface area contributed by atoms with Crippen LogP contribution in [-0.2, 0) is 0 Å². The first-order valence-corrected chi connectivity index (χ1v) is 12.3. The Morgan fingerprint density at radius 3 is 2.49 bits per heavy atom. The molecular weight excluding hydrogens is 582 g/mol. The molecule has 2 heterocycles. The minimum atomic E-state index is -0.819. The van der Waals surface area contributed by atoms with E-state index in [0.717, 1.165) is 4.47 Å². The molecule has 35 heavy (non-hydrogen) atoms. The van der Waals surface area contributed by atoms with Gasteiger partial charge in [-0.1, -0.05) is 15.9 Å². The predicted molar refractivity (Wildman–Crippen MR) is 139 cm³/mol. The molecule has 1 aliphatic heterocycles. The number of nitrogens with zero attached hydrogens (tertiary/aromatic N) is 1. The molecule has 1 unspecified atom stereocenters. The van der Waals surface area contributed by atoms with Crippen LogP contribution in [0.2, 0.25) is 0 Å². The number of benzene rings is 3. The summed E-state index contributed by atoms with van der Waals surface area (Å²) in [6.45, 7) is 2.40. The summed E-state index contributed by atoms with van der Waals surface area (Å²) in [5, 5.41) is 10.7. The summed E-state index contributed by atoms with van der Waals surface area (Å²) in [5.41, 5.74) is 1.35. The average molecular weight is 601 g/mol. The number of hydrogen-bond acceptors (Lipinski definition) is 6. The molecule has 5 rings (SSSR count). The first-order chi connectivity index (χ1) is 16.8. The second-order valence-corrected chi connectivity index (χ2v) is 9.64.